The van der Waals surface area contributed by atoms with E-state index in [1.54, 1.807) is 11.3 Å². The number of aryl methyl sites for hydroxylation is 1. The number of carbonyl (C=O) groups is 1. The molecule has 18 heavy (non-hydrogen) atoms. The number of likely N-dealkylation sites (N-methyl/N-ethyl adjacent to an activating group) is 1. The molecule has 0 saturated carbocycles. The molecule has 1 aromatic rings. The minimum Gasteiger partial charge on any atom is -0.340 e. The van der Waals surface area contributed by atoms with Crippen LogP contribution in [0.2, 0.25) is 0 Å². The van der Waals surface area contributed by atoms with Crippen molar-refractivity contribution in [1.29, 1.82) is 0 Å². The van der Waals surface area contributed by atoms with Gasteiger partial charge in [0.15, 0.2) is 0 Å². The van der Waals surface area contributed by atoms with E-state index in [1.807, 2.05) is 29.6 Å². The highest BCUT2D eigenvalue weighted by atomic mass is 32.1. The molecule has 0 bridgehead atoms. The first-order valence-corrected chi connectivity index (χ1v) is 7.34. The molecule has 0 aromatic carbocycles. The topological polar surface area (TPSA) is 35.6 Å². The van der Waals surface area contributed by atoms with Crippen LogP contribution in [0.5, 0.6) is 0 Å². The lowest BCUT2D eigenvalue weighted by Crippen LogP contribution is -2.46. The number of hydrogen-bond acceptors (Lipinski definition) is 4. The fraction of sp³-hybridized carbons (Fsp3) is 0.615. The van der Waals surface area contributed by atoms with Gasteiger partial charge < -0.3 is 10.2 Å². The predicted octanol–water partition coefficient (Wildman–Crippen LogP) is 1.03. The molecule has 1 N–H and O–H groups in total. The number of nitrogens with one attached hydrogen (secondary N) is 1. The molecule has 0 radical (unpaired) electrons. The Bertz CT molecular complexity index is 399. The monoisotopic (exact) mass is 267 g/mol. The summed E-state index contributed by atoms with van der Waals surface area (Å²) in [5, 5.41) is 7.30. The molecule has 2 rings (SSSR count). The van der Waals surface area contributed by atoms with Gasteiger partial charge in [0.1, 0.15) is 0 Å². The van der Waals surface area contributed by atoms with Crippen molar-refractivity contribution >= 4 is 17.2 Å². The van der Waals surface area contributed by atoms with E-state index in [1.165, 1.54) is 0 Å². The van der Waals surface area contributed by atoms with Gasteiger partial charge in [-0.3, -0.25) is 9.69 Å². The second kappa shape index (κ2) is 6.31. The number of hydrogen-bond donors (Lipinski definition) is 1. The number of rotatable bonds is 4. The highest BCUT2D eigenvalue weighted by Gasteiger charge is 2.16. The van der Waals surface area contributed by atoms with E-state index in [0.29, 0.717) is 0 Å². The smallest absolute Gasteiger partial charge is 0.254 e. The van der Waals surface area contributed by atoms with E-state index < -0.39 is 0 Å². The largest absolute Gasteiger partial charge is 0.340 e. The Morgan fingerprint density at radius 2 is 2.17 bits per heavy atom. The third-order valence-electron chi connectivity index (χ3n) is 3.39. The predicted molar refractivity (Wildman–Crippen MR) is 75.3 cm³/mol. The molecule has 1 saturated heterocycles. The summed E-state index contributed by atoms with van der Waals surface area (Å²) < 4.78 is 0. The van der Waals surface area contributed by atoms with Gasteiger partial charge in [-0.05, 0) is 17.9 Å². The second-order valence-electron chi connectivity index (χ2n) is 4.79. The standard InChI is InChI=1S/C13H21N3OS/c1-11-9-18-10-12(11)13(17)15(2)7-8-16-5-3-14-4-6-16/h9-10,14H,3-8H2,1-2H3. The molecule has 100 valence electrons. The molecule has 1 aromatic heterocycles. The average molecular weight is 267 g/mol. The Morgan fingerprint density at radius 3 is 2.78 bits per heavy atom. The minimum absolute atomic E-state index is 0.142. The Morgan fingerprint density at radius 1 is 1.44 bits per heavy atom. The van der Waals surface area contributed by atoms with Crippen molar-refractivity contribution in [1.82, 2.24) is 15.1 Å². The second-order valence-corrected chi connectivity index (χ2v) is 5.53. The number of carbonyl (C=O) groups excluding carboxylic acids is 1. The molecular formula is C13H21N3OS. The Kier molecular flexibility index (Phi) is 4.74. The highest BCUT2D eigenvalue weighted by Crippen LogP contribution is 2.15. The maximum Gasteiger partial charge on any atom is 0.254 e. The van der Waals surface area contributed by atoms with Crippen molar-refractivity contribution in [2.75, 3.05) is 46.3 Å². The van der Waals surface area contributed by atoms with Crippen LogP contribution in [-0.2, 0) is 0 Å². The molecule has 5 heteroatoms. The average Bonchev–Trinajstić information content (AvgIpc) is 2.82. The summed E-state index contributed by atoms with van der Waals surface area (Å²) in [5.74, 6) is 0.142. The molecule has 1 aliphatic rings. The summed E-state index contributed by atoms with van der Waals surface area (Å²) in [4.78, 5) is 16.4. The van der Waals surface area contributed by atoms with E-state index in [-0.39, 0.29) is 5.91 Å². The van der Waals surface area contributed by atoms with E-state index in [2.05, 4.69) is 10.2 Å². The van der Waals surface area contributed by atoms with Crippen molar-refractivity contribution in [2.24, 2.45) is 0 Å². The quantitative estimate of drug-likeness (QED) is 0.885. The van der Waals surface area contributed by atoms with Crippen molar-refractivity contribution in [3.8, 4) is 0 Å². The first-order valence-electron chi connectivity index (χ1n) is 6.40. The zero-order valence-corrected chi connectivity index (χ0v) is 11.9. The van der Waals surface area contributed by atoms with Crippen LogP contribution >= 0.6 is 11.3 Å². The van der Waals surface area contributed by atoms with E-state index in [9.17, 15) is 4.79 Å². The summed E-state index contributed by atoms with van der Waals surface area (Å²) >= 11 is 1.59. The van der Waals surface area contributed by atoms with Crippen LogP contribution in [-0.4, -0.2) is 62.0 Å². The number of amides is 1. The maximum absolute atomic E-state index is 12.2. The summed E-state index contributed by atoms with van der Waals surface area (Å²) in [7, 11) is 1.89. The molecular weight excluding hydrogens is 246 g/mol. The van der Waals surface area contributed by atoms with Crippen molar-refractivity contribution in [3.63, 3.8) is 0 Å². The summed E-state index contributed by atoms with van der Waals surface area (Å²) in [6.45, 7) is 8.04. The third-order valence-corrected chi connectivity index (χ3v) is 4.26. The normalized spacial score (nSPS) is 16.8. The van der Waals surface area contributed by atoms with E-state index in [0.717, 1.165) is 50.4 Å². The lowest BCUT2D eigenvalue weighted by Gasteiger charge is -2.29. The van der Waals surface area contributed by atoms with Gasteiger partial charge in [-0.1, -0.05) is 0 Å². The van der Waals surface area contributed by atoms with Crippen molar-refractivity contribution in [2.45, 2.75) is 6.92 Å². The first-order chi connectivity index (χ1) is 8.68. The lowest BCUT2D eigenvalue weighted by atomic mass is 10.2. The van der Waals surface area contributed by atoms with Crippen molar-refractivity contribution < 1.29 is 4.79 Å². The molecule has 1 amide bonds. The number of piperazine rings is 1. The van der Waals surface area contributed by atoms with Crippen LogP contribution in [0, 0.1) is 6.92 Å². The highest BCUT2D eigenvalue weighted by molar-refractivity contribution is 7.08. The molecule has 0 unspecified atom stereocenters. The minimum atomic E-state index is 0.142. The van der Waals surface area contributed by atoms with Crippen LogP contribution in [0.15, 0.2) is 10.8 Å². The lowest BCUT2D eigenvalue weighted by molar-refractivity contribution is 0.0774. The van der Waals surface area contributed by atoms with Crippen LogP contribution in [0.3, 0.4) is 0 Å². The molecule has 2 heterocycles. The Balaban J connectivity index is 1.82. The summed E-state index contributed by atoms with van der Waals surface area (Å²) in [6.07, 6.45) is 0. The SMILES string of the molecule is Cc1cscc1C(=O)N(C)CCN1CCNCC1. The first kappa shape index (κ1) is 13.5. The Labute approximate surface area is 113 Å². The van der Waals surface area contributed by atoms with Crippen LogP contribution in [0.1, 0.15) is 15.9 Å². The maximum atomic E-state index is 12.2. The zero-order valence-electron chi connectivity index (χ0n) is 11.1. The van der Waals surface area contributed by atoms with E-state index >= 15 is 0 Å². The molecule has 0 spiro atoms. The van der Waals surface area contributed by atoms with Crippen LogP contribution < -0.4 is 5.32 Å². The summed E-state index contributed by atoms with van der Waals surface area (Å²) in [6, 6.07) is 0. The van der Waals surface area contributed by atoms with Gasteiger partial charge in [-0.15, -0.1) is 0 Å². The molecule has 0 aliphatic carbocycles. The van der Waals surface area contributed by atoms with Gasteiger partial charge >= 0.3 is 0 Å². The van der Waals surface area contributed by atoms with Crippen LogP contribution in [0.4, 0.5) is 0 Å². The van der Waals surface area contributed by atoms with E-state index in [4.69, 9.17) is 0 Å². The summed E-state index contributed by atoms with van der Waals surface area (Å²) in [5.41, 5.74) is 1.93. The zero-order chi connectivity index (χ0) is 13.0. The fourth-order valence-electron chi connectivity index (χ4n) is 2.11. The van der Waals surface area contributed by atoms with Crippen LogP contribution in [0.25, 0.3) is 0 Å². The van der Waals surface area contributed by atoms with Gasteiger partial charge in [-0.2, -0.15) is 11.3 Å². The van der Waals surface area contributed by atoms with Gasteiger partial charge in [0.05, 0.1) is 5.56 Å². The molecule has 1 fully saturated rings. The Hall–Kier alpha value is -0.910. The third kappa shape index (κ3) is 3.31. The van der Waals surface area contributed by atoms with Gasteiger partial charge in [-0.25, -0.2) is 0 Å². The van der Waals surface area contributed by atoms with Gasteiger partial charge in [0.25, 0.3) is 5.91 Å². The fourth-order valence-corrected chi connectivity index (χ4v) is 2.93. The van der Waals surface area contributed by atoms with Gasteiger partial charge in [0, 0.05) is 51.7 Å². The molecule has 1 aliphatic heterocycles. The molecule has 0 atom stereocenters. The number of thiophene rings is 1. The van der Waals surface area contributed by atoms with Crippen molar-refractivity contribution in [3.05, 3.63) is 21.9 Å². The number of nitrogens with zero attached hydrogens (tertiary/aromatic N) is 2. The van der Waals surface area contributed by atoms with Gasteiger partial charge in [0.2, 0.25) is 0 Å². The molecule has 4 nitrogen and oxygen atoms in total.